The van der Waals surface area contributed by atoms with Crippen molar-refractivity contribution in [3.63, 3.8) is 0 Å². The first-order valence-corrected chi connectivity index (χ1v) is 26.9. The van der Waals surface area contributed by atoms with Crippen molar-refractivity contribution in [2.24, 2.45) is 0 Å². The monoisotopic (exact) mass is 937 g/mol. The van der Waals surface area contributed by atoms with Crippen LogP contribution in [0.3, 0.4) is 0 Å². The Morgan fingerprint density at radius 2 is 0.941 bits per heavy atom. The number of unbranched alkanes of at least 4 members (excludes halogenated alkanes) is 10. The lowest BCUT2D eigenvalue weighted by molar-refractivity contribution is 0.410. The molecule has 0 fully saturated rings. The maximum absolute atomic E-state index is 5.64. The molecule has 0 spiro atoms. The first-order valence-electron chi connectivity index (χ1n) is 25.2. The molecule has 0 unspecified atom stereocenters. The summed E-state index contributed by atoms with van der Waals surface area (Å²) in [7, 11) is 3.40. The highest BCUT2D eigenvalue weighted by Crippen LogP contribution is 2.45. The minimum Gasteiger partial charge on any atom is -0.497 e. The SMILES string of the molecule is CCCCCCCCC(CCCCCCCC)n1c2cc(C)ccc2c2ccc(-c3ccc(-c4ccc(-c5ccc(C)s5)c5nc(-c6ccc(OC)cc6)c(-c6ccc(OC)cc6)nc45)s3)cc21. The van der Waals surface area contributed by atoms with Crippen LogP contribution >= 0.6 is 22.7 Å². The first kappa shape index (κ1) is 47.3. The molecule has 0 amide bonds. The molecule has 0 N–H and O–H groups in total. The summed E-state index contributed by atoms with van der Waals surface area (Å²) < 4.78 is 13.9. The summed E-state index contributed by atoms with van der Waals surface area (Å²) >= 11 is 3.64. The molecule has 0 aliphatic heterocycles. The van der Waals surface area contributed by atoms with Gasteiger partial charge in [-0.05, 0) is 123 Å². The van der Waals surface area contributed by atoms with E-state index in [-0.39, 0.29) is 0 Å². The number of aromatic nitrogens is 3. The molecule has 0 radical (unpaired) electrons. The number of aryl methyl sites for hydroxylation is 2. The number of nitrogens with zero attached hydrogens (tertiary/aromatic N) is 3. The minimum atomic E-state index is 0.474. The summed E-state index contributed by atoms with van der Waals surface area (Å²) in [5, 5.41) is 2.73. The van der Waals surface area contributed by atoms with Crippen LogP contribution in [-0.2, 0) is 0 Å². The van der Waals surface area contributed by atoms with Crippen LogP contribution < -0.4 is 9.47 Å². The van der Waals surface area contributed by atoms with Crippen LogP contribution in [-0.4, -0.2) is 28.8 Å². The largest absolute Gasteiger partial charge is 0.497 e. The highest BCUT2D eigenvalue weighted by atomic mass is 32.1. The van der Waals surface area contributed by atoms with E-state index in [2.05, 4.69) is 129 Å². The predicted molar refractivity (Wildman–Crippen MR) is 293 cm³/mol. The molecule has 0 atom stereocenters. The van der Waals surface area contributed by atoms with Crippen LogP contribution in [0.1, 0.15) is 120 Å². The molecule has 9 rings (SSSR count). The molecule has 7 heteroatoms. The Hall–Kier alpha value is -5.76. The van der Waals surface area contributed by atoms with E-state index in [1.54, 1.807) is 25.6 Å². The minimum absolute atomic E-state index is 0.474. The van der Waals surface area contributed by atoms with Crippen LogP contribution in [0.4, 0.5) is 0 Å². The second kappa shape index (κ2) is 22.1. The molecule has 4 heterocycles. The maximum atomic E-state index is 5.64. The quantitative estimate of drug-likeness (QED) is 0.0635. The fourth-order valence-electron chi connectivity index (χ4n) is 10.1. The van der Waals surface area contributed by atoms with E-state index in [4.69, 9.17) is 19.4 Å². The first-order chi connectivity index (χ1) is 33.4. The average Bonchev–Trinajstić information content (AvgIpc) is 4.12. The number of thiophene rings is 2. The second-order valence-electron chi connectivity index (χ2n) is 18.7. The van der Waals surface area contributed by atoms with Gasteiger partial charge in [-0.1, -0.05) is 127 Å². The van der Waals surface area contributed by atoms with Gasteiger partial charge >= 0.3 is 0 Å². The third kappa shape index (κ3) is 10.3. The molecule has 0 aliphatic rings. The molecule has 5 aromatic carbocycles. The smallest absolute Gasteiger partial charge is 0.118 e. The zero-order valence-corrected chi connectivity index (χ0v) is 42.6. The Labute approximate surface area is 412 Å². The van der Waals surface area contributed by atoms with Gasteiger partial charge in [-0.2, -0.15) is 0 Å². The van der Waals surface area contributed by atoms with Crippen LogP contribution in [0.15, 0.2) is 121 Å². The summed E-state index contributed by atoms with van der Waals surface area (Å²) in [5.41, 5.74) is 12.9. The molecule has 68 heavy (non-hydrogen) atoms. The van der Waals surface area contributed by atoms with Crippen molar-refractivity contribution in [2.75, 3.05) is 14.2 Å². The molecule has 0 saturated heterocycles. The van der Waals surface area contributed by atoms with Crippen LogP contribution in [0, 0.1) is 13.8 Å². The molecule has 350 valence electrons. The van der Waals surface area contributed by atoms with Crippen molar-refractivity contribution in [3.8, 4) is 65.3 Å². The van der Waals surface area contributed by atoms with Gasteiger partial charge in [0, 0.05) is 64.1 Å². The van der Waals surface area contributed by atoms with Crippen molar-refractivity contribution in [1.29, 1.82) is 0 Å². The van der Waals surface area contributed by atoms with Crippen molar-refractivity contribution >= 4 is 55.5 Å². The second-order valence-corrected chi connectivity index (χ2v) is 21.1. The normalized spacial score (nSPS) is 11.8. The van der Waals surface area contributed by atoms with Crippen molar-refractivity contribution in [3.05, 3.63) is 132 Å². The number of methoxy groups -OCH3 is 2. The summed E-state index contributed by atoms with van der Waals surface area (Å²) in [6.45, 7) is 9.04. The number of benzene rings is 5. The molecule has 0 aliphatic carbocycles. The van der Waals surface area contributed by atoms with Crippen LogP contribution in [0.25, 0.3) is 86.7 Å². The number of ether oxygens (including phenoxy) is 2. The van der Waals surface area contributed by atoms with Gasteiger partial charge in [0.2, 0.25) is 0 Å². The summed E-state index contributed by atoms with van der Waals surface area (Å²) in [6.07, 6.45) is 18.4. The highest BCUT2D eigenvalue weighted by Gasteiger charge is 2.23. The van der Waals surface area contributed by atoms with E-state index >= 15 is 0 Å². The Bertz CT molecular complexity index is 3090. The number of rotatable bonds is 22. The van der Waals surface area contributed by atoms with Crippen LogP contribution in [0.2, 0.25) is 0 Å². The zero-order valence-electron chi connectivity index (χ0n) is 41.0. The number of hydrogen-bond donors (Lipinski definition) is 0. The Kier molecular flexibility index (Phi) is 15.4. The standard InChI is InChI=1S/C61H67N3O2S2/c1-7-9-11-13-15-17-19-46(20-18-16-14-12-10-8-2)64-53-39-41(3)21-32-49(53)50-33-27-45(40-54(50)64)55-37-38-57(68-55)52-35-34-51(56-36-22-42(4)67-56)60-61(52)63-59(44-25-30-48(66-6)31-26-44)58(62-60)43-23-28-47(65-5)29-24-43/h21-40,46H,7-20H2,1-6H3. The van der Waals surface area contributed by atoms with Crippen molar-refractivity contribution in [2.45, 2.75) is 124 Å². The van der Waals surface area contributed by atoms with Gasteiger partial charge in [0.1, 0.15) is 11.5 Å². The summed E-state index contributed by atoms with van der Waals surface area (Å²) in [4.78, 5) is 16.1. The lowest BCUT2D eigenvalue weighted by atomic mass is 9.99. The zero-order chi connectivity index (χ0) is 47.0. The maximum Gasteiger partial charge on any atom is 0.118 e. The lowest BCUT2D eigenvalue weighted by Gasteiger charge is -2.22. The van der Waals surface area contributed by atoms with E-state index in [9.17, 15) is 0 Å². The van der Waals surface area contributed by atoms with Gasteiger partial charge in [-0.15, -0.1) is 22.7 Å². The van der Waals surface area contributed by atoms with Gasteiger partial charge in [-0.3, -0.25) is 0 Å². The molecule has 0 saturated carbocycles. The molecule has 5 nitrogen and oxygen atoms in total. The summed E-state index contributed by atoms with van der Waals surface area (Å²) in [6, 6.07) is 44.7. The fourth-order valence-corrected chi connectivity index (χ4v) is 12.0. The van der Waals surface area contributed by atoms with E-state index in [1.807, 2.05) is 35.6 Å². The highest BCUT2D eigenvalue weighted by molar-refractivity contribution is 7.19. The molecular weight excluding hydrogens is 871 g/mol. The van der Waals surface area contributed by atoms with E-state index in [0.717, 1.165) is 56.2 Å². The number of fused-ring (bicyclic) bond motifs is 4. The van der Waals surface area contributed by atoms with Gasteiger partial charge in [0.05, 0.1) is 42.2 Å². The molecule has 4 aromatic heterocycles. The van der Waals surface area contributed by atoms with Crippen molar-refractivity contribution in [1.82, 2.24) is 14.5 Å². The lowest BCUT2D eigenvalue weighted by Crippen LogP contribution is -2.09. The Balaban J connectivity index is 1.15. The van der Waals surface area contributed by atoms with E-state index in [0.29, 0.717) is 6.04 Å². The number of hydrogen-bond acceptors (Lipinski definition) is 6. The van der Waals surface area contributed by atoms with Gasteiger partial charge in [0.25, 0.3) is 0 Å². The average molecular weight is 938 g/mol. The van der Waals surface area contributed by atoms with Gasteiger partial charge < -0.3 is 14.0 Å². The topological polar surface area (TPSA) is 49.2 Å². The van der Waals surface area contributed by atoms with Gasteiger partial charge in [-0.25, -0.2) is 9.97 Å². The van der Waals surface area contributed by atoms with Crippen molar-refractivity contribution < 1.29 is 9.47 Å². The van der Waals surface area contributed by atoms with E-state index < -0.39 is 0 Å². The summed E-state index contributed by atoms with van der Waals surface area (Å²) in [5.74, 6) is 1.60. The van der Waals surface area contributed by atoms with Crippen LogP contribution in [0.5, 0.6) is 11.5 Å². The fraction of sp³-hybridized carbons (Fsp3) is 0.344. The molecule has 9 aromatic rings. The third-order valence-electron chi connectivity index (χ3n) is 13.8. The Morgan fingerprint density at radius 3 is 1.47 bits per heavy atom. The molecular formula is C61H67N3O2S2. The predicted octanol–water partition coefficient (Wildman–Crippen LogP) is 18.9. The Morgan fingerprint density at radius 1 is 0.471 bits per heavy atom. The van der Waals surface area contributed by atoms with E-state index in [1.165, 1.54) is 142 Å². The van der Waals surface area contributed by atoms with Gasteiger partial charge in [0.15, 0.2) is 0 Å². The third-order valence-corrected chi connectivity index (χ3v) is 16.0. The molecule has 0 bridgehead atoms.